The van der Waals surface area contributed by atoms with Gasteiger partial charge in [-0.2, -0.15) is 18.2 Å². The average Bonchev–Trinajstić information content (AvgIpc) is 2.13. The molecule has 0 saturated carbocycles. The summed E-state index contributed by atoms with van der Waals surface area (Å²) in [5.74, 6) is 1.01. The molecule has 0 amide bonds. The first-order chi connectivity index (χ1) is 7.18. The first kappa shape index (κ1) is 20.6. The zero-order chi connectivity index (χ0) is 12.6. The smallest absolute Gasteiger partial charge is 1.00 e. The van der Waals surface area contributed by atoms with E-state index in [-0.39, 0.29) is 50.9 Å². The molecule has 0 spiro atoms. The van der Waals surface area contributed by atoms with Gasteiger partial charge in [0.2, 0.25) is 0 Å². The zero-order valence-electron chi connectivity index (χ0n) is 12.6. The minimum Gasteiger partial charge on any atom is -1.00 e. The minimum atomic E-state index is 0. The van der Waals surface area contributed by atoms with Crippen LogP contribution in [0.25, 0.3) is 0 Å². The Hall–Kier alpha value is 0.266. The van der Waals surface area contributed by atoms with Gasteiger partial charge < -0.3 is 21.7 Å². The molecule has 0 aliphatic heterocycles. The third kappa shape index (κ3) is 4.74. The Morgan fingerprint density at radius 2 is 1.22 bits per heavy atom. The molecule has 0 unspecified atom stereocenters. The third-order valence-electron chi connectivity index (χ3n) is 2.76. The first-order valence-electron chi connectivity index (χ1n) is 5.77. The van der Waals surface area contributed by atoms with Gasteiger partial charge in [0.1, 0.15) is 0 Å². The van der Waals surface area contributed by atoms with Crippen LogP contribution in [0.1, 0.15) is 52.7 Å². The fourth-order valence-corrected chi connectivity index (χ4v) is 1.82. The summed E-state index contributed by atoms with van der Waals surface area (Å²) in [5, 5.41) is 0. The van der Waals surface area contributed by atoms with Crippen molar-refractivity contribution in [2.24, 2.45) is 0 Å². The van der Waals surface area contributed by atoms with E-state index in [4.69, 9.17) is 4.74 Å². The molecule has 98 valence electrons. The van der Waals surface area contributed by atoms with E-state index in [0.29, 0.717) is 0 Å². The molecule has 1 aromatic rings. The fourth-order valence-electron chi connectivity index (χ4n) is 1.82. The summed E-state index contributed by atoms with van der Waals surface area (Å²) in [6, 6.07) is 7.31. The predicted octanol–water partition coefficient (Wildman–Crippen LogP) is 0.714. The third-order valence-corrected chi connectivity index (χ3v) is 2.76. The normalized spacial score (nSPS) is 11.3. The van der Waals surface area contributed by atoms with Crippen LogP contribution in [0.5, 0.6) is 5.75 Å². The average molecular weight is 324 g/mol. The SMILES string of the molecule is COc1c(C(C)(C)C)c[c-]cc1C(C)(C)C.[Br-].[Mg+2]. The molecule has 1 aromatic carbocycles. The van der Waals surface area contributed by atoms with Crippen LogP contribution in [0.4, 0.5) is 0 Å². The molecule has 3 heteroatoms. The molecule has 1 nitrogen and oxygen atoms in total. The van der Waals surface area contributed by atoms with Gasteiger partial charge in [0.25, 0.3) is 0 Å². The molecule has 0 N–H and O–H groups in total. The van der Waals surface area contributed by atoms with Crippen LogP contribution in [0.15, 0.2) is 12.1 Å². The molecule has 0 atom stereocenters. The number of halogens is 1. The molecular formula is C15H23BrMgO. The van der Waals surface area contributed by atoms with Crippen molar-refractivity contribution in [1.29, 1.82) is 0 Å². The second-order valence-corrected chi connectivity index (χ2v) is 6.32. The molecule has 0 heterocycles. The van der Waals surface area contributed by atoms with Crippen LogP contribution in [-0.4, -0.2) is 30.2 Å². The molecule has 0 aromatic heterocycles. The monoisotopic (exact) mass is 322 g/mol. The summed E-state index contributed by atoms with van der Waals surface area (Å²) < 4.78 is 5.61. The summed E-state index contributed by atoms with van der Waals surface area (Å²) in [4.78, 5) is 0. The molecule has 0 radical (unpaired) electrons. The van der Waals surface area contributed by atoms with E-state index < -0.39 is 0 Å². The van der Waals surface area contributed by atoms with Crippen molar-refractivity contribution in [3.63, 3.8) is 0 Å². The summed E-state index contributed by atoms with van der Waals surface area (Å²) in [6.07, 6.45) is 0. The van der Waals surface area contributed by atoms with E-state index in [1.165, 1.54) is 11.1 Å². The largest absolute Gasteiger partial charge is 2.00 e. The molecule has 0 saturated heterocycles. The van der Waals surface area contributed by atoms with Crippen LogP contribution in [-0.2, 0) is 10.8 Å². The van der Waals surface area contributed by atoms with Gasteiger partial charge in [-0.25, -0.2) is 0 Å². The second-order valence-electron chi connectivity index (χ2n) is 6.32. The van der Waals surface area contributed by atoms with Gasteiger partial charge in [-0.05, 0) is 0 Å². The standard InChI is InChI=1S/C15H23O.BrH.Mg/c1-14(2,3)11-9-8-10-12(13(11)16-7)15(4,5)6;;/h9-10H,1-7H3;1H;/q-1;;+2/p-1. The van der Waals surface area contributed by atoms with E-state index >= 15 is 0 Å². The van der Waals surface area contributed by atoms with Crippen molar-refractivity contribution in [2.75, 3.05) is 7.11 Å². The second kappa shape index (κ2) is 7.16. The van der Waals surface area contributed by atoms with Gasteiger partial charge in [-0.15, -0.1) is 11.1 Å². The van der Waals surface area contributed by atoms with Crippen molar-refractivity contribution in [2.45, 2.75) is 52.4 Å². The van der Waals surface area contributed by atoms with Crippen molar-refractivity contribution >= 4 is 23.1 Å². The maximum absolute atomic E-state index is 5.61. The maximum atomic E-state index is 5.61. The van der Waals surface area contributed by atoms with Crippen molar-refractivity contribution < 1.29 is 21.7 Å². The van der Waals surface area contributed by atoms with Crippen LogP contribution in [0.3, 0.4) is 0 Å². The number of methoxy groups -OCH3 is 1. The zero-order valence-corrected chi connectivity index (χ0v) is 15.6. The number of rotatable bonds is 1. The van der Waals surface area contributed by atoms with Gasteiger partial charge in [-0.3, -0.25) is 0 Å². The van der Waals surface area contributed by atoms with Crippen LogP contribution in [0, 0.1) is 6.07 Å². The Labute approximate surface area is 139 Å². The Morgan fingerprint density at radius 1 is 0.889 bits per heavy atom. The molecular weight excluding hydrogens is 300 g/mol. The van der Waals surface area contributed by atoms with E-state index in [2.05, 4.69) is 47.6 Å². The Kier molecular flexibility index (Phi) is 8.18. The van der Waals surface area contributed by atoms with E-state index in [0.717, 1.165) is 5.75 Å². The number of benzene rings is 1. The Morgan fingerprint density at radius 3 is 1.44 bits per heavy atom. The van der Waals surface area contributed by atoms with Gasteiger partial charge >= 0.3 is 23.1 Å². The van der Waals surface area contributed by atoms with Gasteiger partial charge in [0.05, 0.1) is 7.11 Å². The Balaban J connectivity index is 0. The minimum absolute atomic E-state index is 0. The Bertz CT molecular complexity index is 343. The summed E-state index contributed by atoms with van der Waals surface area (Å²) in [7, 11) is 1.75. The molecule has 0 bridgehead atoms. The van der Waals surface area contributed by atoms with Gasteiger partial charge in [0.15, 0.2) is 0 Å². The van der Waals surface area contributed by atoms with Gasteiger partial charge in [-0.1, -0.05) is 52.4 Å². The number of ether oxygens (including phenoxy) is 1. The number of hydrogen-bond donors (Lipinski definition) is 0. The van der Waals surface area contributed by atoms with E-state index in [9.17, 15) is 0 Å². The maximum Gasteiger partial charge on any atom is 2.00 e. The molecule has 18 heavy (non-hydrogen) atoms. The van der Waals surface area contributed by atoms with E-state index in [1.807, 2.05) is 12.1 Å². The van der Waals surface area contributed by atoms with E-state index in [1.54, 1.807) is 7.11 Å². The van der Waals surface area contributed by atoms with Crippen LogP contribution >= 0.6 is 0 Å². The predicted molar refractivity (Wildman–Crippen MR) is 75.0 cm³/mol. The molecule has 1 rings (SSSR count). The summed E-state index contributed by atoms with van der Waals surface area (Å²) >= 11 is 0. The topological polar surface area (TPSA) is 9.23 Å². The van der Waals surface area contributed by atoms with Crippen molar-refractivity contribution in [3.05, 3.63) is 29.3 Å². The summed E-state index contributed by atoms with van der Waals surface area (Å²) in [6.45, 7) is 13.2. The molecule has 0 fully saturated rings. The van der Waals surface area contributed by atoms with Gasteiger partial charge in [0, 0.05) is 5.75 Å². The molecule has 0 aliphatic rings. The van der Waals surface area contributed by atoms with Crippen LogP contribution < -0.4 is 21.7 Å². The first-order valence-corrected chi connectivity index (χ1v) is 5.77. The fraction of sp³-hybridized carbons (Fsp3) is 0.600. The number of hydrogen-bond acceptors (Lipinski definition) is 1. The van der Waals surface area contributed by atoms with Crippen molar-refractivity contribution in [3.8, 4) is 5.75 Å². The van der Waals surface area contributed by atoms with Crippen molar-refractivity contribution in [1.82, 2.24) is 0 Å². The summed E-state index contributed by atoms with van der Waals surface area (Å²) in [5.41, 5.74) is 2.62. The quantitative estimate of drug-likeness (QED) is 0.546. The van der Waals surface area contributed by atoms with Crippen LogP contribution in [0.2, 0.25) is 0 Å². The molecule has 0 aliphatic carbocycles.